The Bertz CT molecular complexity index is 433. The van der Waals surface area contributed by atoms with Crippen molar-refractivity contribution >= 4 is 5.91 Å². The highest BCUT2D eigenvalue weighted by molar-refractivity contribution is 5.97. The maximum Gasteiger partial charge on any atom is 0.257 e. The fourth-order valence-electron chi connectivity index (χ4n) is 1.87. The van der Waals surface area contributed by atoms with E-state index in [4.69, 9.17) is 4.74 Å². The Morgan fingerprint density at radius 1 is 1.47 bits per heavy atom. The normalized spacial score (nSPS) is 20.3. The molecule has 1 fully saturated rings. The molecule has 0 radical (unpaired) electrons. The summed E-state index contributed by atoms with van der Waals surface area (Å²) in [6.45, 7) is 3.38. The molecule has 2 N–H and O–H groups in total. The van der Waals surface area contributed by atoms with Gasteiger partial charge in [0.05, 0.1) is 18.3 Å². The zero-order valence-corrected chi connectivity index (χ0v) is 9.59. The average Bonchev–Trinajstić information content (AvgIpc) is 2.31. The molecule has 1 aliphatic rings. The van der Waals surface area contributed by atoms with Gasteiger partial charge in [0.15, 0.2) is 0 Å². The molecule has 5 heteroatoms. The molecule has 17 heavy (non-hydrogen) atoms. The number of aromatic hydroxyl groups is 2. The average molecular weight is 237 g/mol. The third-order valence-corrected chi connectivity index (χ3v) is 2.74. The summed E-state index contributed by atoms with van der Waals surface area (Å²) in [5, 5.41) is 18.9. The summed E-state index contributed by atoms with van der Waals surface area (Å²) in [6, 6.07) is 3.93. The lowest BCUT2D eigenvalue weighted by atomic mass is 10.1. The molecule has 0 spiro atoms. The molecule has 1 aliphatic heterocycles. The second-order valence-electron chi connectivity index (χ2n) is 4.13. The van der Waals surface area contributed by atoms with E-state index in [1.807, 2.05) is 6.92 Å². The highest BCUT2D eigenvalue weighted by Crippen LogP contribution is 2.24. The van der Waals surface area contributed by atoms with E-state index >= 15 is 0 Å². The van der Waals surface area contributed by atoms with Crippen LogP contribution in [0.1, 0.15) is 17.3 Å². The van der Waals surface area contributed by atoms with Crippen LogP contribution < -0.4 is 0 Å². The summed E-state index contributed by atoms with van der Waals surface area (Å²) in [6.07, 6.45) is -0.00727. The molecule has 1 atom stereocenters. The second kappa shape index (κ2) is 4.63. The Labute approximate surface area is 99.2 Å². The number of hydrogen-bond donors (Lipinski definition) is 2. The molecular formula is C12H15NO4. The van der Waals surface area contributed by atoms with E-state index in [1.165, 1.54) is 18.2 Å². The van der Waals surface area contributed by atoms with Gasteiger partial charge in [0, 0.05) is 13.1 Å². The Morgan fingerprint density at radius 3 is 2.94 bits per heavy atom. The Hall–Kier alpha value is -1.75. The zero-order chi connectivity index (χ0) is 12.4. The smallest absolute Gasteiger partial charge is 0.257 e. The molecule has 0 bridgehead atoms. The van der Waals surface area contributed by atoms with Gasteiger partial charge in [0.1, 0.15) is 11.5 Å². The second-order valence-corrected chi connectivity index (χ2v) is 4.13. The van der Waals surface area contributed by atoms with E-state index in [-0.39, 0.29) is 29.1 Å². The Kier molecular flexibility index (Phi) is 3.19. The van der Waals surface area contributed by atoms with Crippen molar-refractivity contribution in [2.24, 2.45) is 0 Å². The van der Waals surface area contributed by atoms with Crippen LogP contribution in [0.25, 0.3) is 0 Å². The van der Waals surface area contributed by atoms with Crippen LogP contribution in [0.2, 0.25) is 0 Å². The standard InChI is InChI=1S/C12H15NO4/c1-8-7-13(4-5-17-8)12(16)10-6-9(14)2-3-11(10)15/h2-3,6,8,14-15H,4-5,7H2,1H3. The molecule has 0 aliphatic carbocycles. The molecule has 0 saturated carbocycles. The number of morpholine rings is 1. The van der Waals surface area contributed by atoms with Crippen LogP contribution in [-0.4, -0.2) is 46.8 Å². The van der Waals surface area contributed by atoms with E-state index in [2.05, 4.69) is 0 Å². The van der Waals surface area contributed by atoms with Gasteiger partial charge >= 0.3 is 0 Å². The van der Waals surface area contributed by atoms with E-state index < -0.39 is 0 Å². The first kappa shape index (κ1) is 11.7. The highest BCUT2D eigenvalue weighted by Gasteiger charge is 2.24. The minimum Gasteiger partial charge on any atom is -0.508 e. The summed E-state index contributed by atoms with van der Waals surface area (Å²) >= 11 is 0. The van der Waals surface area contributed by atoms with Gasteiger partial charge in [-0.2, -0.15) is 0 Å². The number of carbonyl (C=O) groups excluding carboxylic acids is 1. The maximum absolute atomic E-state index is 12.1. The van der Waals surface area contributed by atoms with E-state index in [9.17, 15) is 15.0 Å². The number of hydrogen-bond acceptors (Lipinski definition) is 4. The molecule has 0 aromatic heterocycles. The van der Waals surface area contributed by atoms with Gasteiger partial charge < -0.3 is 19.8 Å². The fourth-order valence-corrected chi connectivity index (χ4v) is 1.87. The number of phenols is 2. The van der Waals surface area contributed by atoms with Gasteiger partial charge in [0.2, 0.25) is 0 Å². The van der Waals surface area contributed by atoms with Gasteiger partial charge in [-0.25, -0.2) is 0 Å². The first-order valence-electron chi connectivity index (χ1n) is 5.51. The quantitative estimate of drug-likeness (QED) is 0.714. The molecule has 1 aromatic rings. The number of amides is 1. The molecular weight excluding hydrogens is 222 g/mol. The lowest BCUT2D eigenvalue weighted by molar-refractivity contribution is -0.0125. The van der Waals surface area contributed by atoms with Gasteiger partial charge in [-0.15, -0.1) is 0 Å². The van der Waals surface area contributed by atoms with Crippen molar-refractivity contribution in [1.82, 2.24) is 4.90 Å². The van der Waals surface area contributed by atoms with Crippen LogP contribution in [0, 0.1) is 0 Å². The number of rotatable bonds is 1. The SMILES string of the molecule is CC1CN(C(=O)c2cc(O)ccc2O)CCO1. The largest absolute Gasteiger partial charge is 0.508 e. The topological polar surface area (TPSA) is 70.0 Å². The number of ether oxygens (including phenoxy) is 1. The van der Waals surface area contributed by atoms with Crippen molar-refractivity contribution in [3.05, 3.63) is 23.8 Å². The Balaban J connectivity index is 2.21. The van der Waals surface area contributed by atoms with Crippen molar-refractivity contribution in [1.29, 1.82) is 0 Å². The van der Waals surface area contributed by atoms with Crippen LogP contribution in [0.15, 0.2) is 18.2 Å². The Morgan fingerprint density at radius 2 is 2.24 bits per heavy atom. The predicted octanol–water partition coefficient (Wildman–Crippen LogP) is 0.959. The molecule has 92 valence electrons. The first-order valence-corrected chi connectivity index (χ1v) is 5.51. The first-order chi connectivity index (χ1) is 8.08. The molecule has 1 saturated heterocycles. The predicted molar refractivity (Wildman–Crippen MR) is 61.1 cm³/mol. The van der Waals surface area contributed by atoms with Crippen LogP contribution in [0.5, 0.6) is 11.5 Å². The molecule has 1 aromatic carbocycles. The summed E-state index contributed by atoms with van der Waals surface area (Å²) in [7, 11) is 0. The van der Waals surface area contributed by atoms with E-state index in [0.717, 1.165) is 0 Å². The monoisotopic (exact) mass is 237 g/mol. The van der Waals surface area contributed by atoms with Crippen molar-refractivity contribution in [2.75, 3.05) is 19.7 Å². The van der Waals surface area contributed by atoms with Gasteiger partial charge in [-0.1, -0.05) is 0 Å². The fraction of sp³-hybridized carbons (Fsp3) is 0.417. The number of carbonyl (C=O) groups is 1. The third-order valence-electron chi connectivity index (χ3n) is 2.74. The third kappa shape index (κ3) is 2.50. The summed E-state index contributed by atoms with van der Waals surface area (Å²) < 4.78 is 5.34. The van der Waals surface area contributed by atoms with Crippen molar-refractivity contribution in [3.8, 4) is 11.5 Å². The van der Waals surface area contributed by atoms with Crippen LogP contribution in [0.3, 0.4) is 0 Å². The maximum atomic E-state index is 12.1. The lowest BCUT2D eigenvalue weighted by Crippen LogP contribution is -2.44. The van der Waals surface area contributed by atoms with Gasteiger partial charge in [-0.05, 0) is 25.1 Å². The van der Waals surface area contributed by atoms with E-state index in [1.54, 1.807) is 4.90 Å². The van der Waals surface area contributed by atoms with Crippen LogP contribution in [0.4, 0.5) is 0 Å². The molecule has 2 rings (SSSR count). The molecule has 1 heterocycles. The zero-order valence-electron chi connectivity index (χ0n) is 9.59. The van der Waals surface area contributed by atoms with Crippen molar-refractivity contribution in [2.45, 2.75) is 13.0 Å². The van der Waals surface area contributed by atoms with Crippen LogP contribution >= 0.6 is 0 Å². The highest BCUT2D eigenvalue weighted by atomic mass is 16.5. The summed E-state index contributed by atoms with van der Waals surface area (Å²) in [4.78, 5) is 13.7. The number of benzene rings is 1. The summed E-state index contributed by atoms with van der Waals surface area (Å²) in [5.74, 6) is -0.437. The summed E-state index contributed by atoms with van der Waals surface area (Å²) in [5.41, 5.74) is 0.124. The minimum absolute atomic E-state index is 0.00727. The molecule has 1 unspecified atom stereocenters. The molecule has 5 nitrogen and oxygen atoms in total. The van der Waals surface area contributed by atoms with Gasteiger partial charge in [0.25, 0.3) is 5.91 Å². The minimum atomic E-state index is -0.284. The molecule has 1 amide bonds. The number of phenolic OH excluding ortho intramolecular Hbond substituents is 2. The van der Waals surface area contributed by atoms with Crippen molar-refractivity contribution < 1.29 is 19.7 Å². The van der Waals surface area contributed by atoms with Gasteiger partial charge in [-0.3, -0.25) is 4.79 Å². The van der Waals surface area contributed by atoms with E-state index in [0.29, 0.717) is 19.7 Å². The van der Waals surface area contributed by atoms with Crippen LogP contribution in [-0.2, 0) is 4.74 Å². The lowest BCUT2D eigenvalue weighted by Gasteiger charge is -2.31. The van der Waals surface area contributed by atoms with Crippen molar-refractivity contribution in [3.63, 3.8) is 0 Å². The number of nitrogens with zero attached hydrogens (tertiary/aromatic N) is 1.